The number of hydrogen-bond acceptors (Lipinski definition) is 3. The zero-order chi connectivity index (χ0) is 19.6. The molecule has 27 heavy (non-hydrogen) atoms. The van der Waals surface area contributed by atoms with E-state index >= 15 is 0 Å². The van der Waals surface area contributed by atoms with Crippen LogP contribution in [0.1, 0.15) is 37.8 Å². The van der Waals surface area contributed by atoms with Crippen LogP contribution in [-0.2, 0) is 11.2 Å². The summed E-state index contributed by atoms with van der Waals surface area (Å²) in [5.41, 5.74) is 2.88. The SMILES string of the molecule is CCCCc1ccc(NC(=O)/C=C/c2ccc(OCC)c(OC)c2)c(Br)c1. The first-order chi connectivity index (χ1) is 13.1. The van der Waals surface area contributed by atoms with Crippen LogP contribution in [0.4, 0.5) is 5.69 Å². The van der Waals surface area contributed by atoms with Crippen molar-refractivity contribution in [2.45, 2.75) is 33.1 Å². The summed E-state index contributed by atoms with van der Waals surface area (Å²) < 4.78 is 11.7. The van der Waals surface area contributed by atoms with E-state index in [4.69, 9.17) is 9.47 Å². The lowest BCUT2D eigenvalue weighted by Crippen LogP contribution is -2.08. The Kier molecular flexibility index (Phi) is 8.40. The highest BCUT2D eigenvalue weighted by Gasteiger charge is 2.06. The van der Waals surface area contributed by atoms with Gasteiger partial charge in [-0.25, -0.2) is 0 Å². The molecule has 0 aliphatic heterocycles. The lowest BCUT2D eigenvalue weighted by Gasteiger charge is -2.09. The molecule has 4 nitrogen and oxygen atoms in total. The van der Waals surface area contributed by atoms with Crippen molar-refractivity contribution in [2.24, 2.45) is 0 Å². The van der Waals surface area contributed by atoms with E-state index in [0.717, 1.165) is 35.0 Å². The summed E-state index contributed by atoms with van der Waals surface area (Å²) in [6.07, 6.45) is 6.62. The first kappa shape index (κ1) is 21.0. The monoisotopic (exact) mass is 431 g/mol. The highest BCUT2D eigenvalue weighted by molar-refractivity contribution is 9.10. The molecule has 1 amide bonds. The predicted octanol–water partition coefficient (Wildman–Crippen LogP) is 5.85. The van der Waals surface area contributed by atoms with Crippen LogP contribution in [0, 0.1) is 0 Å². The summed E-state index contributed by atoms with van der Waals surface area (Å²) in [5.74, 6) is 1.14. The molecule has 0 aromatic heterocycles. The van der Waals surface area contributed by atoms with Gasteiger partial charge in [0.2, 0.25) is 5.91 Å². The molecule has 0 heterocycles. The molecule has 0 aliphatic carbocycles. The fourth-order valence-electron chi connectivity index (χ4n) is 2.61. The van der Waals surface area contributed by atoms with E-state index in [1.165, 1.54) is 11.6 Å². The van der Waals surface area contributed by atoms with Gasteiger partial charge in [0, 0.05) is 10.5 Å². The Bertz CT molecular complexity index is 802. The van der Waals surface area contributed by atoms with E-state index < -0.39 is 0 Å². The number of amides is 1. The van der Waals surface area contributed by atoms with Crippen LogP contribution in [0.5, 0.6) is 11.5 Å². The Morgan fingerprint density at radius 3 is 2.63 bits per heavy atom. The molecule has 0 fully saturated rings. The second-order valence-electron chi connectivity index (χ2n) is 6.08. The number of halogens is 1. The fraction of sp³-hybridized carbons (Fsp3) is 0.318. The maximum atomic E-state index is 12.2. The van der Waals surface area contributed by atoms with Crippen LogP contribution in [0.15, 0.2) is 46.9 Å². The van der Waals surface area contributed by atoms with Gasteiger partial charge in [0.05, 0.1) is 19.4 Å². The lowest BCUT2D eigenvalue weighted by atomic mass is 10.1. The van der Waals surface area contributed by atoms with E-state index in [9.17, 15) is 4.79 Å². The third-order valence-electron chi connectivity index (χ3n) is 4.03. The number of benzene rings is 2. The quantitative estimate of drug-likeness (QED) is 0.506. The summed E-state index contributed by atoms with van der Waals surface area (Å²) in [5, 5.41) is 2.90. The molecular formula is C22H26BrNO3. The molecule has 0 aliphatic rings. The van der Waals surface area contributed by atoms with E-state index in [2.05, 4.69) is 40.3 Å². The molecule has 0 unspecified atom stereocenters. The minimum atomic E-state index is -0.190. The Morgan fingerprint density at radius 1 is 1.15 bits per heavy atom. The van der Waals surface area contributed by atoms with Crippen molar-refractivity contribution >= 4 is 33.6 Å². The van der Waals surface area contributed by atoms with Gasteiger partial charge < -0.3 is 14.8 Å². The number of anilines is 1. The number of aryl methyl sites for hydroxylation is 1. The molecule has 0 saturated heterocycles. The van der Waals surface area contributed by atoms with Crippen LogP contribution in [0.3, 0.4) is 0 Å². The van der Waals surface area contributed by atoms with Gasteiger partial charge in [-0.1, -0.05) is 25.5 Å². The van der Waals surface area contributed by atoms with Crippen molar-refractivity contribution in [1.82, 2.24) is 0 Å². The maximum Gasteiger partial charge on any atom is 0.248 e. The second-order valence-corrected chi connectivity index (χ2v) is 6.94. The van der Waals surface area contributed by atoms with Gasteiger partial charge in [0.1, 0.15) is 0 Å². The number of carbonyl (C=O) groups excluding carboxylic acids is 1. The molecule has 1 N–H and O–H groups in total. The van der Waals surface area contributed by atoms with Crippen LogP contribution < -0.4 is 14.8 Å². The Hall–Kier alpha value is -2.27. The number of carbonyl (C=O) groups is 1. The third-order valence-corrected chi connectivity index (χ3v) is 4.68. The molecule has 2 aromatic carbocycles. The normalized spacial score (nSPS) is 10.8. The van der Waals surface area contributed by atoms with Crippen LogP contribution in [0.2, 0.25) is 0 Å². The van der Waals surface area contributed by atoms with Crippen molar-refractivity contribution in [3.8, 4) is 11.5 Å². The molecule has 5 heteroatoms. The molecule has 0 saturated carbocycles. The lowest BCUT2D eigenvalue weighted by molar-refractivity contribution is -0.111. The minimum Gasteiger partial charge on any atom is -0.493 e. The predicted molar refractivity (Wildman–Crippen MR) is 115 cm³/mol. The Morgan fingerprint density at radius 2 is 1.96 bits per heavy atom. The minimum absolute atomic E-state index is 0.190. The van der Waals surface area contributed by atoms with Crippen molar-refractivity contribution < 1.29 is 14.3 Å². The highest BCUT2D eigenvalue weighted by atomic mass is 79.9. The molecule has 2 rings (SSSR count). The topological polar surface area (TPSA) is 47.6 Å². The number of hydrogen-bond donors (Lipinski definition) is 1. The van der Waals surface area contributed by atoms with Crippen molar-refractivity contribution in [3.05, 3.63) is 58.1 Å². The van der Waals surface area contributed by atoms with Gasteiger partial charge >= 0.3 is 0 Å². The van der Waals surface area contributed by atoms with Gasteiger partial charge in [-0.15, -0.1) is 0 Å². The maximum absolute atomic E-state index is 12.2. The first-order valence-corrected chi connectivity index (χ1v) is 9.95. The van der Waals surface area contributed by atoms with E-state index in [1.54, 1.807) is 13.2 Å². The number of methoxy groups -OCH3 is 1. The van der Waals surface area contributed by atoms with Crippen molar-refractivity contribution in [1.29, 1.82) is 0 Å². The van der Waals surface area contributed by atoms with Crippen molar-refractivity contribution in [3.63, 3.8) is 0 Å². The second kappa shape index (κ2) is 10.8. The van der Waals surface area contributed by atoms with Crippen LogP contribution >= 0.6 is 15.9 Å². The smallest absolute Gasteiger partial charge is 0.248 e. The number of nitrogens with one attached hydrogen (secondary N) is 1. The van der Waals surface area contributed by atoms with E-state index in [0.29, 0.717) is 18.1 Å². The van der Waals surface area contributed by atoms with Crippen molar-refractivity contribution in [2.75, 3.05) is 19.0 Å². The Balaban J connectivity index is 2.03. The molecule has 2 aromatic rings. The van der Waals surface area contributed by atoms with E-state index in [1.807, 2.05) is 31.2 Å². The number of rotatable bonds is 9. The van der Waals surface area contributed by atoms with Gasteiger partial charge in [0.25, 0.3) is 0 Å². The summed E-state index contributed by atoms with van der Waals surface area (Å²) in [4.78, 5) is 12.2. The van der Waals surface area contributed by atoms with Crippen LogP contribution in [-0.4, -0.2) is 19.6 Å². The average molecular weight is 432 g/mol. The molecular weight excluding hydrogens is 406 g/mol. The summed E-state index contributed by atoms with van der Waals surface area (Å²) in [7, 11) is 1.60. The number of ether oxygens (including phenoxy) is 2. The summed E-state index contributed by atoms with van der Waals surface area (Å²) in [6, 6.07) is 11.6. The third kappa shape index (κ3) is 6.43. The first-order valence-electron chi connectivity index (χ1n) is 9.15. The molecule has 0 radical (unpaired) electrons. The van der Waals surface area contributed by atoms with Gasteiger partial charge in [-0.3, -0.25) is 4.79 Å². The summed E-state index contributed by atoms with van der Waals surface area (Å²) in [6.45, 7) is 4.67. The van der Waals surface area contributed by atoms with Crippen LogP contribution in [0.25, 0.3) is 6.08 Å². The van der Waals surface area contributed by atoms with Gasteiger partial charge in [-0.05, 0) is 77.2 Å². The molecule has 144 valence electrons. The largest absolute Gasteiger partial charge is 0.493 e. The average Bonchev–Trinajstić information content (AvgIpc) is 2.67. The molecule has 0 bridgehead atoms. The fourth-order valence-corrected chi connectivity index (χ4v) is 3.13. The van der Waals surface area contributed by atoms with Gasteiger partial charge in [-0.2, -0.15) is 0 Å². The van der Waals surface area contributed by atoms with Gasteiger partial charge in [0.15, 0.2) is 11.5 Å². The standard InChI is InChI=1S/C22H26BrNO3/c1-4-6-7-16-8-11-19(18(23)14-16)24-22(25)13-10-17-9-12-20(27-5-2)21(15-17)26-3/h8-15H,4-7H2,1-3H3,(H,24,25)/b13-10+. The zero-order valence-electron chi connectivity index (χ0n) is 16.0. The van der Waals surface area contributed by atoms with E-state index in [-0.39, 0.29) is 5.91 Å². The molecule has 0 spiro atoms. The Labute approximate surface area is 169 Å². The zero-order valence-corrected chi connectivity index (χ0v) is 17.6. The highest BCUT2D eigenvalue weighted by Crippen LogP contribution is 2.28. The number of unbranched alkanes of at least 4 members (excludes halogenated alkanes) is 1. The molecule has 0 atom stereocenters. The summed E-state index contributed by atoms with van der Waals surface area (Å²) >= 11 is 3.54.